The molecule has 1 N–H and O–H groups in total. The molecule has 0 aliphatic carbocycles. The monoisotopic (exact) mass is 321 g/mol. The van der Waals surface area contributed by atoms with Crippen molar-refractivity contribution in [3.8, 4) is 0 Å². The third kappa shape index (κ3) is 4.11. The number of halogens is 1. The highest BCUT2D eigenvalue weighted by molar-refractivity contribution is 7.98. The van der Waals surface area contributed by atoms with E-state index in [-0.39, 0.29) is 0 Å². The molecule has 1 aromatic heterocycles. The number of benzene rings is 1. The van der Waals surface area contributed by atoms with Crippen LogP contribution < -0.4 is 5.32 Å². The summed E-state index contributed by atoms with van der Waals surface area (Å²) in [4.78, 5) is 10.4. The molecule has 0 aliphatic heterocycles. The van der Waals surface area contributed by atoms with Crippen LogP contribution >= 0.6 is 23.4 Å². The van der Waals surface area contributed by atoms with E-state index in [0.717, 1.165) is 51.5 Å². The fourth-order valence-electron chi connectivity index (χ4n) is 2.07. The number of hydrogen-bond donors (Lipinski definition) is 1. The predicted molar refractivity (Wildman–Crippen MR) is 91.3 cm³/mol. The first-order valence-corrected chi connectivity index (χ1v) is 8.49. The number of nitrogens with zero attached hydrogens (tertiary/aromatic N) is 2. The van der Waals surface area contributed by atoms with Crippen LogP contribution in [0.2, 0.25) is 5.02 Å². The van der Waals surface area contributed by atoms with Crippen LogP contribution in [-0.2, 0) is 12.2 Å². The molecule has 0 radical (unpaired) electrons. The molecule has 3 nitrogen and oxygen atoms in total. The zero-order chi connectivity index (χ0) is 15.2. The van der Waals surface area contributed by atoms with E-state index in [4.69, 9.17) is 11.6 Å². The van der Waals surface area contributed by atoms with Crippen LogP contribution in [0.3, 0.4) is 0 Å². The number of aromatic nitrogens is 2. The lowest BCUT2D eigenvalue weighted by Gasteiger charge is -2.12. The zero-order valence-electron chi connectivity index (χ0n) is 12.6. The summed E-state index contributed by atoms with van der Waals surface area (Å²) in [6.45, 7) is 7.13. The van der Waals surface area contributed by atoms with Crippen molar-refractivity contribution in [3.63, 3.8) is 0 Å². The van der Waals surface area contributed by atoms with Crippen molar-refractivity contribution in [3.05, 3.63) is 46.4 Å². The predicted octanol–water partition coefficient (Wildman–Crippen LogP) is 4.72. The summed E-state index contributed by atoms with van der Waals surface area (Å²) < 4.78 is 0. The number of thioether (sulfide) groups is 1. The summed E-state index contributed by atoms with van der Waals surface area (Å²) in [5.41, 5.74) is 2.25. The van der Waals surface area contributed by atoms with Crippen LogP contribution in [0.4, 0.5) is 5.82 Å². The van der Waals surface area contributed by atoms with Crippen LogP contribution in [0.25, 0.3) is 0 Å². The van der Waals surface area contributed by atoms with Gasteiger partial charge in [0.15, 0.2) is 0 Å². The Morgan fingerprint density at radius 2 is 1.95 bits per heavy atom. The highest BCUT2D eigenvalue weighted by atomic mass is 35.5. The Labute approximate surface area is 135 Å². The van der Waals surface area contributed by atoms with E-state index < -0.39 is 0 Å². The van der Waals surface area contributed by atoms with Gasteiger partial charge in [-0.05, 0) is 32.4 Å². The maximum atomic E-state index is 6.18. The average Bonchev–Trinajstić information content (AvgIpc) is 2.49. The van der Waals surface area contributed by atoms with Crippen molar-refractivity contribution in [2.75, 3.05) is 11.9 Å². The van der Waals surface area contributed by atoms with Gasteiger partial charge in [-0.15, -0.1) is 11.8 Å². The molecular weight excluding hydrogens is 302 g/mol. The summed E-state index contributed by atoms with van der Waals surface area (Å²) in [5, 5.41) is 4.09. The molecule has 21 heavy (non-hydrogen) atoms. The van der Waals surface area contributed by atoms with Gasteiger partial charge in [0.25, 0.3) is 0 Å². The Bertz CT molecular complexity index is 616. The maximum Gasteiger partial charge on any atom is 0.141 e. The molecule has 5 heteroatoms. The molecule has 0 fully saturated rings. The standard InChI is InChI=1S/C16H20ClN3S/c1-4-13-11(3)16(18-5-2)20-15(19-13)10-21-14-9-7-6-8-12(14)17/h6-9H,4-5,10H2,1-3H3,(H,18,19,20). The molecule has 0 saturated heterocycles. The van der Waals surface area contributed by atoms with Gasteiger partial charge in [-0.3, -0.25) is 0 Å². The van der Waals surface area contributed by atoms with Crippen LogP contribution in [0, 0.1) is 6.92 Å². The molecule has 112 valence electrons. The molecule has 1 heterocycles. The maximum absolute atomic E-state index is 6.18. The second-order valence-corrected chi connectivity index (χ2v) is 6.09. The fraction of sp³-hybridized carbons (Fsp3) is 0.375. The SMILES string of the molecule is CCNc1nc(CSc2ccccc2Cl)nc(CC)c1C. The molecule has 0 amide bonds. The summed E-state index contributed by atoms with van der Waals surface area (Å²) in [6.07, 6.45) is 0.913. The van der Waals surface area contributed by atoms with Crippen molar-refractivity contribution in [2.45, 2.75) is 37.8 Å². The minimum Gasteiger partial charge on any atom is -0.370 e. The van der Waals surface area contributed by atoms with E-state index in [1.807, 2.05) is 24.3 Å². The van der Waals surface area contributed by atoms with Gasteiger partial charge in [0.1, 0.15) is 11.6 Å². The number of nitrogens with one attached hydrogen (secondary N) is 1. The molecule has 0 saturated carbocycles. The summed E-state index contributed by atoms with van der Waals surface area (Å²) >= 11 is 7.85. The molecule has 0 aliphatic rings. The molecule has 0 unspecified atom stereocenters. The third-order valence-corrected chi connectivity index (χ3v) is 4.68. The van der Waals surface area contributed by atoms with E-state index in [9.17, 15) is 0 Å². The number of hydrogen-bond acceptors (Lipinski definition) is 4. The van der Waals surface area contributed by atoms with E-state index >= 15 is 0 Å². The summed E-state index contributed by atoms with van der Waals surface area (Å²) in [6, 6.07) is 7.85. The number of rotatable bonds is 6. The molecule has 0 bridgehead atoms. The van der Waals surface area contributed by atoms with Gasteiger partial charge in [-0.25, -0.2) is 9.97 Å². The topological polar surface area (TPSA) is 37.8 Å². The minimum absolute atomic E-state index is 0.718. The highest BCUT2D eigenvalue weighted by Crippen LogP contribution is 2.29. The molecule has 2 rings (SSSR count). The van der Waals surface area contributed by atoms with Crippen molar-refractivity contribution >= 4 is 29.2 Å². The van der Waals surface area contributed by atoms with Crippen molar-refractivity contribution in [1.82, 2.24) is 9.97 Å². The van der Waals surface area contributed by atoms with Gasteiger partial charge in [-0.1, -0.05) is 30.7 Å². The Balaban J connectivity index is 2.20. The lowest BCUT2D eigenvalue weighted by molar-refractivity contribution is 0.914. The van der Waals surface area contributed by atoms with Gasteiger partial charge in [0.2, 0.25) is 0 Å². The third-order valence-electron chi connectivity index (χ3n) is 3.17. The number of anilines is 1. The minimum atomic E-state index is 0.718. The lowest BCUT2D eigenvalue weighted by Crippen LogP contribution is -2.08. The van der Waals surface area contributed by atoms with Crippen molar-refractivity contribution < 1.29 is 0 Å². The van der Waals surface area contributed by atoms with Crippen molar-refractivity contribution in [2.24, 2.45) is 0 Å². The normalized spacial score (nSPS) is 10.7. The molecule has 2 aromatic rings. The lowest BCUT2D eigenvalue weighted by atomic mass is 10.2. The zero-order valence-corrected chi connectivity index (χ0v) is 14.2. The van der Waals surface area contributed by atoms with E-state index in [1.54, 1.807) is 11.8 Å². The average molecular weight is 322 g/mol. The van der Waals surface area contributed by atoms with E-state index in [0.29, 0.717) is 0 Å². The first kappa shape index (κ1) is 16.1. The highest BCUT2D eigenvalue weighted by Gasteiger charge is 2.10. The molecule has 0 atom stereocenters. The van der Waals surface area contributed by atoms with Crippen LogP contribution in [0.5, 0.6) is 0 Å². The van der Waals surface area contributed by atoms with Gasteiger partial charge in [0.05, 0.1) is 10.8 Å². The largest absolute Gasteiger partial charge is 0.370 e. The van der Waals surface area contributed by atoms with E-state index in [1.165, 1.54) is 0 Å². The summed E-state index contributed by atoms with van der Waals surface area (Å²) in [7, 11) is 0. The van der Waals surface area contributed by atoms with Gasteiger partial charge < -0.3 is 5.32 Å². The Kier molecular flexibility index (Phi) is 5.88. The Morgan fingerprint density at radius 3 is 2.62 bits per heavy atom. The van der Waals surface area contributed by atoms with Crippen LogP contribution in [0.1, 0.15) is 30.9 Å². The first-order chi connectivity index (χ1) is 10.2. The van der Waals surface area contributed by atoms with Crippen LogP contribution in [0.15, 0.2) is 29.2 Å². The molecule has 1 aromatic carbocycles. The van der Waals surface area contributed by atoms with Crippen molar-refractivity contribution in [1.29, 1.82) is 0 Å². The second kappa shape index (κ2) is 7.66. The summed E-state index contributed by atoms with van der Waals surface area (Å²) in [5.74, 6) is 2.51. The first-order valence-electron chi connectivity index (χ1n) is 7.13. The fourth-order valence-corrected chi connectivity index (χ4v) is 3.16. The second-order valence-electron chi connectivity index (χ2n) is 4.66. The van der Waals surface area contributed by atoms with Gasteiger partial charge in [0, 0.05) is 22.7 Å². The smallest absolute Gasteiger partial charge is 0.141 e. The van der Waals surface area contributed by atoms with Gasteiger partial charge in [-0.2, -0.15) is 0 Å². The van der Waals surface area contributed by atoms with Gasteiger partial charge >= 0.3 is 0 Å². The quantitative estimate of drug-likeness (QED) is 0.781. The molecule has 0 spiro atoms. The Hall–Kier alpha value is -1.26. The molecular formula is C16H20ClN3S. The van der Waals surface area contributed by atoms with E-state index in [2.05, 4.69) is 36.1 Å². The Morgan fingerprint density at radius 1 is 1.19 bits per heavy atom. The van der Waals surface area contributed by atoms with Crippen LogP contribution in [-0.4, -0.2) is 16.5 Å². The number of aryl methyl sites for hydroxylation is 1.